The zero-order valence-corrected chi connectivity index (χ0v) is 10.6. The number of fused-ring (bicyclic) bond motifs is 1. The summed E-state index contributed by atoms with van der Waals surface area (Å²) in [6.45, 7) is 7.63. The van der Waals surface area contributed by atoms with E-state index < -0.39 is 5.60 Å². The average molecular weight is 237 g/mol. The maximum absolute atomic E-state index is 12.0. The fourth-order valence-electron chi connectivity index (χ4n) is 1.88. The van der Waals surface area contributed by atoms with Crippen molar-refractivity contribution in [2.75, 3.05) is 6.54 Å². The van der Waals surface area contributed by atoms with Crippen LogP contribution >= 0.6 is 0 Å². The number of hydrogen-bond acceptors (Lipinski definition) is 4. The van der Waals surface area contributed by atoms with E-state index in [1.165, 1.54) is 0 Å². The van der Waals surface area contributed by atoms with Gasteiger partial charge in [0.05, 0.1) is 12.5 Å². The summed E-state index contributed by atoms with van der Waals surface area (Å²) < 4.78 is 7.42. The van der Waals surface area contributed by atoms with Crippen LogP contribution in [0.25, 0.3) is 0 Å². The second kappa shape index (κ2) is 4.49. The minimum atomic E-state index is -0.429. The highest BCUT2D eigenvalue weighted by Crippen LogP contribution is 2.15. The van der Waals surface area contributed by atoms with Gasteiger partial charge in [-0.15, -0.1) is 0 Å². The lowest BCUT2D eigenvalue weighted by atomic mass is 10.1. The third-order valence-electron chi connectivity index (χ3n) is 2.63. The Kier molecular flexibility index (Phi) is 3.19. The van der Waals surface area contributed by atoms with Crippen LogP contribution in [0.15, 0.2) is 12.4 Å². The first-order chi connectivity index (χ1) is 7.96. The highest BCUT2D eigenvalue weighted by molar-refractivity contribution is 5.73. The summed E-state index contributed by atoms with van der Waals surface area (Å²) in [7, 11) is 0. The van der Waals surface area contributed by atoms with Gasteiger partial charge in [0, 0.05) is 25.5 Å². The maximum Gasteiger partial charge on any atom is 0.312 e. The number of rotatable bonds is 1. The molecule has 1 aromatic heterocycles. The molecule has 0 bridgehead atoms. The Balaban J connectivity index is 2.06. The average Bonchev–Trinajstić information content (AvgIpc) is 2.53. The van der Waals surface area contributed by atoms with Crippen LogP contribution < -0.4 is 5.32 Å². The van der Waals surface area contributed by atoms with E-state index in [-0.39, 0.29) is 11.9 Å². The molecule has 0 aromatic carbocycles. The Bertz CT molecular complexity index is 406. The second-order valence-electron chi connectivity index (χ2n) is 5.36. The van der Waals surface area contributed by atoms with E-state index in [9.17, 15) is 4.79 Å². The van der Waals surface area contributed by atoms with Crippen molar-refractivity contribution in [3.05, 3.63) is 18.2 Å². The van der Waals surface area contributed by atoms with Crippen molar-refractivity contribution in [2.45, 2.75) is 39.5 Å². The van der Waals surface area contributed by atoms with Crippen molar-refractivity contribution in [3.8, 4) is 0 Å². The van der Waals surface area contributed by atoms with Crippen LogP contribution in [-0.2, 0) is 22.6 Å². The van der Waals surface area contributed by atoms with E-state index in [4.69, 9.17) is 4.74 Å². The molecule has 0 saturated carbocycles. The number of carbonyl (C=O) groups excluding carboxylic acids is 1. The first-order valence-electron chi connectivity index (χ1n) is 5.89. The number of nitrogens with zero attached hydrogens (tertiary/aromatic N) is 2. The molecule has 0 spiro atoms. The molecule has 0 aliphatic carbocycles. The van der Waals surface area contributed by atoms with E-state index in [2.05, 4.69) is 10.3 Å². The van der Waals surface area contributed by atoms with Crippen LogP contribution in [0.2, 0.25) is 0 Å². The summed E-state index contributed by atoms with van der Waals surface area (Å²) in [6, 6.07) is 0. The largest absolute Gasteiger partial charge is 0.460 e. The van der Waals surface area contributed by atoms with Gasteiger partial charge in [0.1, 0.15) is 11.4 Å². The van der Waals surface area contributed by atoms with Gasteiger partial charge in [-0.3, -0.25) is 4.79 Å². The van der Waals surface area contributed by atoms with Crippen LogP contribution in [0.5, 0.6) is 0 Å². The molecule has 94 valence electrons. The molecule has 1 N–H and O–H groups in total. The summed E-state index contributed by atoms with van der Waals surface area (Å²) >= 11 is 0. The SMILES string of the molecule is CC(C)(C)OC(=O)C1CNCc2nccn2C1. The Hall–Kier alpha value is -1.36. The van der Waals surface area contributed by atoms with Crippen molar-refractivity contribution in [3.63, 3.8) is 0 Å². The highest BCUT2D eigenvalue weighted by Gasteiger charge is 2.27. The van der Waals surface area contributed by atoms with Crippen LogP contribution in [0.1, 0.15) is 26.6 Å². The van der Waals surface area contributed by atoms with Gasteiger partial charge >= 0.3 is 5.97 Å². The molecule has 17 heavy (non-hydrogen) atoms. The minimum Gasteiger partial charge on any atom is -0.460 e. The van der Waals surface area contributed by atoms with Crippen molar-refractivity contribution < 1.29 is 9.53 Å². The van der Waals surface area contributed by atoms with Crippen LogP contribution in [0.3, 0.4) is 0 Å². The summed E-state index contributed by atoms with van der Waals surface area (Å²) in [6.07, 6.45) is 3.66. The first kappa shape index (κ1) is 12.1. The Morgan fingerprint density at radius 2 is 2.35 bits per heavy atom. The van der Waals surface area contributed by atoms with Gasteiger partial charge in [-0.05, 0) is 20.8 Å². The summed E-state index contributed by atoms with van der Waals surface area (Å²) in [4.78, 5) is 16.2. The molecular formula is C12H19N3O2. The van der Waals surface area contributed by atoms with Gasteiger partial charge < -0.3 is 14.6 Å². The quantitative estimate of drug-likeness (QED) is 0.739. The number of nitrogens with one attached hydrogen (secondary N) is 1. The minimum absolute atomic E-state index is 0.147. The molecule has 1 aliphatic heterocycles. The lowest BCUT2D eigenvalue weighted by Gasteiger charge is -2.23. The molecule has 0 fully saturated rings. The van der Waals surface area contributed by atoms with E-state index in [0.717, 1.165) is 5.82 Å². The predicted octanol–water partition coefficient (Wildman–Crippen LogP) is 0.944. The van der Waals surface area contributed by atoms with Crippen molar-refractivity contribution >= 4 is 5.97 Å². The number of aromatic nitrogens is 2. The summed E-state index contributed by atoms with van der Waals surface area (Å²) in [5.41, 5.74) is -0.429. The molecule has 2 heterocycles. The van der Waals surface area contributed by atoms with Crippen LogP contribution in [0, 0.1) is 5.92 Å². The van der Waals surface area contributed by atoms with E-state index in [1.54, 1.807) is 6.20 Å². The highest BCUT2D eigenvalue weighted by atomic mass is 16.6. The molecule has 0 radical (unpaired) electrons. The molecule has 2 rings (SSSR count). The standard InChI is InChI=1S/C12H19N3O2/c1-12(2,3)17-11(16)9-6-13-7-10-14-4-5-15(10)8-9/h4-5,9,13H,6-8H2,1-3H3. The Morgan fingerprint density at radius 3 is 3.06 bits per heavy atom. The van der Waals surface area contributed by atoms with E-state index in [0.29, 0.717) is 19.6 Å². The fourth-order valence-corrected chi connectivity index (χ4v) is 1.88. The summed E-state index contributed by atoms with van der Waals surface area (Å²) in [5.74, 6) is 0.673. The predicted molar refractivity (Wildman–Crippen MR) is 63.3 cm³/mol. The van der Waals surface area contributed by atoms with Crippen LogP contribution in [-0.4, -0.2) is 27.7 Å². The van der Waals surface area contributed by atoms with Gasteiger partial charge in [0.15, 0.2) is 0 Å². The van der Waals surface area contributed by atoms with Gasteiger partial charge in [-0.1, -0.05) is 0 Å². The molecule has 1 aromatic rings. The Morgan fingerprint density at radius 1 is 1.59 bits per heavy atom. The normalized spacial score (nSPS) is 20.5. The first-order valence-corrected chi connectivity index (χ1v) is 5.89. The van der Waals surface area contributed by atoms with Crippen LogP contribution in [0.4, 0.5) is 0 Å². The molecule has 0 saturated heterocycles. The number of carbonyl (C=O) groups is 1. The molecule has 0 amide bonds. The van der Waals surface area contributed by atoms with Gasteiger partial charge in [0.25, 0.3) is 0 Å². The van der Waals surface area contributed by atoms with Gasteiger partial charge in [-0.2, -0.15) is 0 Å². The topological polar surface area (TPSA) is 56.1 Å². The zero-order chi connectivity index (χ0) is 12.5. The zero-order valence-electron chi connectivity index (χ0n) is 10.6. The third kappa shape index (κ3) is 3.06. The number of esters is 1. The molecule has 1 unspecified atom stereocenters. The number of imidazole rings is 1. The van der Waals surface area contributed by atoms with E-state index >= 15 is 0 Å². The molecule has 1 aliphatic rings. The third-order valence-corrected chi connectivity index (χ3v) is 2.63. The van der Waals surface area contributed by atoms with Gasteiger partial charge in [-0.25, -0.2) is 4.98 Å². The molecule has 5 nitrogen and oxygen atoms in total. The van der Waals surface area contributed by atoms with Gasteiger partial charge in [0.2, 0.25) is 0 Å². The molecule has 1 atom stereocenters. The lowest BCUT2D eigenvalue weighted by Crippen LogP contribution is -2.34. The van der Waals surface area contributed by atoms with Crippen molar-refractivity contribution in [2.24, 2.45) is 5.92 Å². The fraction of sp³-hybridized carbons (Fsp3) is 0.667. The number of hydrogen-bond donors (Lipinski definition) is 1. The molecule has 5 heteroatoms. The monoisotopic (exact) mass is 237 g/mol. The summed E-state index contributed by atoms with van der Waals surface area (Å²) in [5, 5.41) is 3.22. The van der Waals surface area contributed by atoms with E-state index in [1.807, 2.05) is 31.5 Å². The van der Waals surface area contributed by atoms with Crippen molar-refractivity contribution in [1.29, 1.82) is 0 Å². The molecular weight excluding hydrogens is 218 g/mol. The smallest absolute Gasteiger partial charge is 0.312 e. The van der Waals surface area contributed by atoms with Crippen molar-refractivity contribution in [1.82, 2.24) is 14.9 Å². The lowest BCUT2D eigenvalue weighted by molar-refractivity contribution is -0.160. The number of ether oxygens (including phenoxy) is 1. The second-order valence-corrected chi connectivity index (χ2v) is 5.36. The Labute approximate surface area is 101 Å². The maximum atomic E-state index is 12.0.